The lowest BCUT2D eigenvalue weighted by atomic mass is 10.0. The summed E-state index contributed by atoms with van der Waals surface area (Å²) in [6.07, 6.45) is 94.6. The van der Waals surface area contributed by atoms with Gasteiger partial charge in [-0.3, -0.25) is 18.6 Å². The third-order valence-corrected chi connectivity index (χ3v) is 16.3. The maximum atomic E-state index is 13.6. The molecule has 0 aromatic carbocycles. The fourth-order valence-corrected chi connectivity index (χ4v) is 10.5. The zero-order valence-electron chi connectivity index (χ0n) is 57.7. The number of nitrogens with one attached hydrogen (secondary N) is 1. The second-order valence-corrected chi connectivity index (χ2v) is 26.5. The van der Waals surface area contributed by atoms with Gasteiger partial charge in [-0.2, -0.15) is 0 Å². The molecule has 0 aliphatic rings. The normalized spacial score (nSPS) is 14.3. The molecule has 0 heterocycles. The van der Waals surface area contributed by atoms with Crippen LogP contribution in [-0.4, -0.2) is 74.3 Å². The van der Waals surface area contributed by atoms with Crippen LogP contribution in [0.25, 0.3) is 0 Å². The van der Waals surface area contributed by atoms with Gasteiger partial charge in [0, 0.05) is 12.8 Å². The number of phosphoric ester groups is 1. The van der Waals surface area contributed by atoms with E-state index in [2.05, 4.69) is 148 Å². The Morgan fingerprint density at radius 2 is 0.727 bits per heavy atom. The molecule has 0 aromatic rings. The van der Waals surface area contributed by atoms with Crippen LogP contribution in [0.1, 0.15) is 297 Å². The highest BCUT2D eigenvalue weighted by molar-refractivity contribution is 7.47. The molecule has 10 heteroatoms. The van der Waals surface area contributed by atoms with Crippen molar-refractivity contribution in [3.63, 3.8) is 0 Å². The van der Waals surface area contributed by atoms with Crippen molar-refractivity contribution in [3.05, 3.63) is 134 Å². The van der Waals surface area contributed by atoms with Crippen LogP contribution in [0.15, 0.2) is 134 Å². The molecule has 504 valence electrons. The van der Waals surface area contributed by atoms with Gasteiger partial charge < -0.3 is 19.4 Å². The second kappa shape index (κ2) is 66.1. The summed E-state index contributed by atoms with van der Waals surface area (Å²) in [5, 5.41) is 3.06. The number of ether oxygens (including phenoxy) is 1. The molecule has 0 aliphatic heterocycles. The molecule has 9 nitrogen and oxygen atoms in total. The number of hydrogen-bond donors (Lipinski definition) is 2. The van der Waals surface area contributed by atoms with Crippen LogP contribution in [0.3, 0.4) is 0 Å². The molecule has 3 unspecified atom stereocenters. The molecule has 0 bridgehead atoms. The number of allylic oxidation sites excluding steroid dienone is 21. The summed E-state index contributed by atoms with van der Waals surface area (Å²) >= 11 is 0. The summed E-state index contributed by atoms with van der Waals surface area (Å²) in [6, 6.07) is -0.869. The van der Waals surface area contributed by atoms with E-state index in [4.69, 9.17) is 13.8 Å². The zero-order chi connectivity index (χ0) is 64.2. The first-order valence-corrected chi connectivity index (χ1v) is 37.5. The lowest BCUT2D eigenvalue weighted by Gasteiger charge is -2.27. The fraction of sp³-hybridized carbons (Fsp3) is 0.692. The molecule has 0 saturated carbocycles. The van der Waals surface area contributed by atoms with Gasteiger partial charge in [-0.05, 0) is 128 Å². The molecular formula is C78H136N2O7P+. The molecule has 0 rings (SSSR count). The highest BCUT2D eigenvalue weighted by atomic mass is 31.2. The molecule has 1 amide bonds. The van der Waals surface area contributed by atoms with E-state index in [0.29, 0.717) is 17.4 Å². The first kappa shape index (κ1) is 84.2. The van der Waals surface area contributed by atoms with Crippen molar-refractivity contribution < 1.29 is 37.3 Å². The molecule has 2 N–H and O–H groups in total. The van der Waals surface area contributed by atoms with E-state index in [-0.39, 0.29) is 31.5 Å². The number of phosphoric acid groups is 1. The third kappa shape index (κ3) is 66.6. The number of carbonyl (C=O) groups is 2. The first-order chi connectivity index (χ1) is 42.9. The van der Waals surface area contributed by atoms with Crippen LogP contribution in [-0.2, 0) is 27.9 Å². The summed E-state index contributed by atoms with van der Waals surface area (Å²) in [5.41, 5.74) is 0. The van der Waals surface area contributed by atoms with Gasteiger partial charge in [0.1, 0.15) is 19.3 Å². The van der Waals surface area contributed by atoms with Gasteiger partial charge in [-0.15, -0.1) is 0 Å². The van der Waals surface area contributed by atoms with Crippen LogP contribution in [0, 0.1) is 0 Å². The Morgan fingerprint density at radius 1 is 0.409 bits per heavy atom. The molecule has 0 fully saturated rings. The average molecular weight is 1240 g/mol. The summed E-state index contributed by atoms with van der Waals surface area (Å²) < 4.78 is 30.8. The molecule has 3 atom stereocenters. The molecule has 0 saturated heterocycles. The lowest BCUT2D eigenvalue weighted by Crippen LogP contribution is -2.47. The van der Waals surface area contributed by atoms with E-state index in [0.717, 1.165) is 141 Å². The number of quaternary nitrogens is 1. The van der Waals surface area contributed by atoms with Gasteiger partial charge in [0.15, 0.2) is 0 Å². The van der Waals surface area contributed by atoms with E-state index < -0.39 is 20.0 Å². The van der Waals surface area contributed by atoms with Gasteiger partial charge >= 0.3 is 13.8 Å². The monoisotopic (exact) mass is 1240 g/mol. The molecule has 0 radical (unpaired) electrons. The highest BCUT2D eigenvalue weighted by Crippen LogP contribution is 2.43. The summed E-state index contributed by atoms with van der Waals surface area (Å²) in [5.74, 6) is -0.531. The minimum absolute atomic E-state index is 0.0297. The van der Waals surface area contributed by atoms with E-state index >= 15 is 0 Å². The standard InChI is InChI=1S/C78H135N2O7P/c1-7-10-13-16-19-22-25-28-30-32-34-36-38-39-40-41-43-44-46-48-50-52-55-58-61-64-67-70-77(81)79-75(74-86-88(83,84)85-73-72-80(4,5)6)76(69-66-63-60-57-54-27-24-21-18-15-12-9-3)87-78(82)71-68-65-62-59-56-53-51-49-47-45-42-37-35-33-31-29-26-23-20-17-14-11-8-2/h10,13,19-20,22-23,28-31,34-37,39-40,43-45,47,66,69,75-76H,7-9,11-12,14-18,21,24-27,32-33,38,41-42,46,48-65,67-68,70-74H2,1-6H3,(H-,79,81,83,84)/p+1/b13-10-,22-19-,23-20-,30-28-,31-29-,36-34-,37-35-,40-39-,44-43-,47-45-,69-66-. The maximum Gasteiger partial charge on any atom is 0.472 e. The number of rotatable bonds is 64. The van der Waals surface area contributed by atoms with Crippen molar-refractivity contribution in [2.75, 3.05) is 40.9 Å². The van der Waals surface area contributed by atoms with Crippen LogP contribution in [0.4, 0.5) is 0 Å². The first-order valence-electron chi connectivity index (χ1n) is 36.0. The van der Waals surface area contributed by atoms with Crippen LogP contribution < -0.4 is 5.32 Å². The Kier molecular flexibility index (Phi) is 63.2. The summed E-state index contributed by atoms with van der Waals surface area (Å²) in [4.78, 5) is 37.9. The smallest absolute Gasteiger partial charge is 0.456 e. The van der Waals surface area contributed by atoms with E-state index in [9.17, 15) is 19.0 Å². The largest absolute Gasteiger partial charge is 0.472 e. The maximum absolute atomic E-state index is 13.6. The Bertz CT molecular complexity index is 1970. The van der Waals surface area contributed by atoms with E-state index in [1.807, 2.05) is 33.3 Å². The molecule has 0 aromatic heterocycles. The summed E-state index contributed by atoms with van der Waals surface area (Å²) in [6.45, 7) is 6.86. The molecule has 88 heavy (non-hydrogen) atoms. The van der Waals surface area contributed by atoms with Crippen LogP contribution >= 0.6 is 7.82 Å². The van der Waals surface area contributed by atoms with Gasteiger partial charge in [-0.25, -0.2) is 4.57 Å². The van der Waals surface area contributed by atoms with Crippen molar-refractivity contribution in [2.24, 2.45) is 0 Å². The van der Waals surface area contributed by atoms with Crippen molar-refractivity contribution in [2.45, 2.75) is 309 Å². The molecule has 0 aliphatic carbocycles. The van der Waals surface area contributed by atoms with Crippen LogP contribution in [0.5, 0.6) is 0 Å². The number of unbranched alkanes of at least 4 members (excludes halogenated alkanes) is 28. The van der Waals surface area contributed by atoms with Gasteiger partial charge in [0.25, 0.3) is 0 Å². The number of nitrogens with zero attached hydrogens (tertiary/aromatic N) is 1. The summed E-state index contributed by atoms with van der Waals surface area (Å²) in [7, 11) is 1.47. The van der Waals surface area contributed by atoms with Gasteiger partial charge in [0.05, 0.1) is 33.8 Å². The van der Waals surface area contributed by atoms with Gasteiger partial charge in [-0.1, -0.05) is 290 Å². The van der Waals surface area contributed by atoms with Crippen molar-refractivity contribution in [3.8, 4) is 0 Å². The predicted octanol–water partition coefficient (Wildman–Crippen LogP) is 23.2. The average Bonchev–Trinajstić information content (AvgIpc) is 3.66. The molecular weight excluding hydrogens is 1110 g/mol. The quantitative estimate of drug-likeness (QED) is 0.0205. The molecule has 0 spiro atoms. The number of amides is 1. The Labute approximate surface area is 543 Å². The van der Waals surface area contributed by atoms with Crippen molar-refractivity contribution in [1.82, 2.24) is 5.32 Å². The number of carbonyl (C=O) groups excluding carboxylic acids is 2. The number of likely N-dealkylation sites (N-methyl/N-ethyl adjacent to an activating group) is 1. The zero-order valence-corrected chi connectivity index (χ0v) is 58.6. The minimum Gasteiger partial charge on any atom is -0.456 e. The highest BCUT2D eigenvalue weighted by Gasteiger charge is 2.30. The Balaban J connectivity index is 5.12. The van der Waals surface area contributed by atoms with E-state index in [1.165, 1.54) is 122 Å². The number of hydrogen-bond acceptors (Lipinski definition) is 6. The van der Waals surface area contributed by atoms with E-state index in [1.54, 1.807) is 0 Å². The number of esters is 1. The van der Waals surface area contributed by atoms with Crippen molar-refractivity contribution >= 4 is 19.7 Å². The second-order valence-electron chi connectivity index (χ2n) is 25.0. The SMILES string of the molecule is CC/C=C\C/C=C\C/C=C\C/C=C\C/C=C\C/C=C\CCCCCCCCCCC(=O)NC(COP(=O)(O)OCC[N+](C)(C)C)C(/C=C\CCCCCCCCCCCC)OC(=O)CCCCCCCCC/C=C\C/C=C\C/C=C\C/C=C\CCCCC. The lowest BCUT2D eigenvalue weighted by molar-refractivity contribution is -0.870. The fourth-order valence-electron chi connectivity index (χ4n) is 9.81. The Morgan fingerprint density at radius 3 is 1.11 bits per heavy atom. The minimum atomic E-state index is -4.47. The van der Waals surface area contributed by atoms with Gasteiger partial charge in [0.2, 0.25) is 5.91 Å². The Hall–Kier alpha value is -3.85. The third-order valence-electron chi connectivity index (χ3n) is 15.3. The predicted molar refractivity (Wildman–Crippen MR) is 383 cm³/mol. The topological polar surface area (TPSA) is 111 Å². The van der Waals surface area contributed by atoms with Crippen molar-refractivity contribution in [1.29, 1.82) is 0 Å². The van der Waals surface area contributed by atoms with Crippen LogP contribution in [0.2, 0.25) is 0 Å².